The number of rotatable bonds is 5. The molecule has 0 unspecified atom stereocenters. The number of carbonyl (C=O) groups is 1. The third-order valence-electron chi connectivity index (χ3n) is 2.71. The van der Waals surface area contributed by atoms with Crippen molar-refractivity contribution in [1.82, 2.24) is 14.9 Å². The zero-order valence-corrected chi connectivity index (χ0v) is 11.5. The molecule has 0 radical (unpaired) electrons. The first-order chi connectivity index (χ1) is 8.47. The molecule has 1 heterocycles. The summed E-state index contributed by atoms with van der Waals surface area (Å²) in [6, 6.07) is 0. The summed E-state index contributed by atoms with van der Waals surface area (Å²) in [5.74, 6) is 1.23. The van der Waals surface area contributed by atoms with Crippen molar-refractivity contribution in [3.8, 4) is 0 Å². The summed E-state index contributed by atoms with van der Waals surface area (Å²) in [7, 11) is 3.49. The molecule has 0 fully saturated rings. The van der Waals surface area contributed by atoms with E-state index in [0.29, 0.717) is 12.4 Å². The number of aromatic nitrogens is 2. The Bertz CT molecular complexity index is 419. The highest BCUT2D eigenvalue weighted by atomic mass is 16.2. The Balaban J connectivity index is 2.97. The molecule has 18 heavy (non-hydrogen) atoms. The number of nitrogen functional groups attached to an aromatic ring is 1. The van der Waals surface area contributed by atoms with Gasteiger partial charge in [0.25, 0.3) is 0 Å². The van der Waals surface area contributed by atoms with E-state index in [0.717, 1.165) is 24.3 Å². The summed E-state index contributed by atoms with van der Waals surface area (Å²) in [5.41, 5.74) is 6.59. The van der Waals surface area contributed by atoms with Gasteiger partial charge < -0.3 is 15.5 Å². The van der Waals surface area contributed by atoms with Gasteiger partial charge >= 0.3 is 0 Å². The lowest BCUT2D eigenvalue weighted by atomic mass is 10.2. The summed E-state index contributed by atoms with van der Waals surface area (Å²) in [5, 5.41) is 0. The van der Waals surface area contributed by atoms with Gasteiger partial charge in [-0.3, -0.25) is 4.79 Å². The second kappa shape index (κ2) is 6.18. The molecule has 0 bridgehead atoms. The van der Waals surface area contributed by atoms with Gasteiger partial charge in [-0.15, -0.1) is 0 Å². The lowest BCUT2D eigenvalue weighted by Gasteiger charge is -2.25. The van der Waals surface area contributed by atoms with Gasteiger partial charge in [0, 0.05) is 26.2 Å². The minimum atomic E-state index is 0.0417. The number of nitrogens with zero attached hydrogens (tertiary/aromatic N) is 4. The van der Waals surface area contributed by atoms with Crippen LogP contribution in [-0.2, 0) is 4.79 Å². The molecule has 100 valence electrons. The van der Waals surface area contributed by atoms with Crippen molar-refractivity contribution >= 4 is 17.5 Å². The molecule has 0 aliphatic heterocycles. The van der Waals surface area contributed by atoms with E-state index in [1.165, 1.54) is 6.33 Å². The molecule has 0 aliphatic carbocycles. The lowest BCUT2D eigenvalue weighted by molar-refractivity contribution is -0.127. The van der Waals surface area contributed by atoms with E-state index >= 15 is 0 Å². The van der Waals surface area contributed by atoms with Crippen molar-refractivity contribution in [3.63, 3.8) is 0 Å². The van der Waals surface area contributed by atoms with Crippen LogP contribution in [-0.4, -0.2) is 48.0 Å². The monoisotopic (exact) mass is 251 g/mol. The zero-order chi connectivity index (χ0) is 13.7. The number of carbonyl (C=O) groups excluding carboxylic acids is 1. The predicted octanol–water partition coefficient (Wildman–Crippen LogP) is 0.672. The molecular formula is C12H21N5O. The Morgan fingerprint density at radius 3 is 2.61 bits per heavy atom. The molecule has 1 aromatic rings. The van der Waals surface area contributed by atoms with Crippen molar-refractivity contribution in [2.24, 2.45) is 0 Å². The molecule has 6 nitrogen and oxygen atoms in total. The molecule has 0 spiro atoms. The van der Waals surface area contributed by atoms with Gasteiger partial charge in [-0.25, -0.2) is 9.97 Å². The molecule has 0 atom stereocenters. The molecule has 1 aromatic heterocycles. The summed E-state index contributed by atoms with van der Waals surface area (Å²) in [6.45, 7) is 5.00. The van der Waals surface area contributed by atoms with Gasteiger partial charge in [-0.05, 0) is 13.3 Å². The maximum absolute atomic E-state index is 11.8. The van der Waals surface area contributed by atoms with E-state index in [1.807, 2.05) is 11.8 Å². The van der Waals surface area contributed by atoms with E-state index in [1.54, 1.807) is 19.0 Å². The fraction of sp³-hybridized carbons (Fsp3) is 0.583. The predicted molar refractivity (Wildman–Crippen MR) is 72.4 cm³/mol. The van der Waals surface area contributed by atoms with Crippen LogP contribution in [0.15, 0.2) is 6.33 Å². The number of hydrogen-bond donors (Lipinski definition) is 1. The summed E-state index contributed by atoms with van der Waals surface area (Å²) in [4.78, 5) is 23.5. The van der Waals surface area contributed by atoms with E-state index in [9.17, 15) is 4.79 Å². The zero-order valence-electron chi connectivity index (χ0n) is 11.5. The van der Waals surface area contributed by atoms with Crippen LogP contribution in [0.3, 0.4) is 0 Å². The number of anilines is 2. The second-order valence-corrected chi connectivity index (χ2v) is 4.42. The van der Waals surface area contributed by atoms with Crippen LogP contribution >= 0.6 is 0 Å². The molecule has 0 aromatic carbocycles. The molecule has 1 rings (SSSR count). The van der Waals surface area contributed by atoms with Gasteiger partial charge in [-0.2, -0.15) is 0 Å². The molecule has 0 aliphatic rings. The quantitative estimate of drug-likeness (QED) is 0.832. The van der Waals surface area contributed by atoms with Crippen LogP contribution < -0.4 is 10.6 Å². The van der Waals surface area contributed by atoms with Crippen LogP contribution in [0.4, 0.5) is 11.6 Å². The Hall–Kier alpha value is -1.85. The Labute approximate surface area is 108 Å². The number of amides is 1. The Morgan fingerprint density at radius 1 is 1.39 bits per heavy atom. The van der Waals surface area contributed by atoms with E-state index in [2.05, 4.69) is 16.9 Å². The van der Waals surface area contributed by atoms with Crippen LogP contribution in [0.5, 0.6) is 0 Å². The minimum absolute atomic E-state index is 0.0417. The Morgan fingerprint density at radius 2 is 2.06 bits per heavy atom. The molecule has 1 amide bonds. The van der Waals surface area contributed by atoms with E-state index in [-0.39, 0.29) is 5.91 Å². The topological polar surface area (TPSA) is 75.4 Å². The lowest BCUT2D eigenvalue weighted by Crippen LogP contribution is -2.38. The average Bonchev–Trinajstić information content (AvgIpc) is 2.32. The molecular weight excluding hydrogens is 230 g/mol. The molecule has 6 heteroatoms. The Kier molecular flexibility index (Phi) is 4.88. The number of nitrogens with two attached hydrogens (primary N) is 1. The summed E-state index contributed by atoms with van der Waals surface area (Å²) < 4.78 is 0. The van der Waals surface area contributed by atoms with Gasteiger partial charge in [0.2, 0.25) is 5.91 Å². The fourth-order valence-corrected chi connectivity index (χ4v) is 1.61. The van der Waals surface area contributed by atoms with Crippen LogP contribution in [0.25, 0.3) is 0 Å². The van der Waals surface area contributed by atoms with Crippen LogP contribution in [0, 0.1) is 6.92 Å². The van der Waals surface area contributed by atoms with Gasteiger partial charge in [0.15, 0.2) is 0 Å². The number of hydrogen-bond acceptors (Lipinski definition) is 5. The third-order valence-corrected chi connectivity index (χ3v) is 2.71. The number of likely N-dealkylation sites (N-methyl/N-ethyl adjacent to an activating group) is 1. The normalized spacial score (nSPS) is 10.2. The standard InChI is InChI=1S/C12H21N5O/c1-5-6-17(7-10(18)16(3)4)12-9(2)11(13)14-8-15-12/h8H,5-7H2,1-4H3,(H2,13,14,15). The summed E-state index contributed by atoms with van der Waals surface area (Å²) >= 11 is 0. The van der Waals surface area contributed by atoms with E-state index < -0.39 is 0 Å². The van der Waals surface area contributed by atoms with Crippen molar-refractivity contribution in [3.05, 3.63) is 11.9 Å². The van der Waals surface area contributed by atoms with E-state index in [4.69, 9.17) is 5.73 Å². The highest BCUT2D eigenvalue weighted by molar-refractivity contribution is 5.81. The largest absolute Gasteiger partial charge is 0.383 e. The summed E-state index contributed by atoms with van der Waals surface area (Å²) in [6.07, 6.45) is 2.37. The third kappa shape index (κ3) is 3.32. The van der Waals surface area contributed by atoms with Crippen molar-refractivity contribution in [2.75, 3.05) is 37.8 Å². The first-order valence-corrected chi connectivity index (χ1v) is 5.99. The molecule has 0 saturated heterocycles. The van der Waals surface area contributed by atoms with Crippen molar-refractivity contribution < 1.29 is 4.79 Å². The first kappa shape index (κ1) is 14.2. The average molecular weight is 251 g/mol. The second-order valence-electron chi connectivity index (χ2n) is 4.42. The SMILES string of the molecule is CCCN(CC(=O)N(C)C)c1ncnc(N)c1C. The van der Waals surface area contributed by atoms with Crippen molar-refractivity contribution in [1.29, 1.82) is 0 Å². The highest BCUT2D eigenvalue weighted by Gasteiger charge is 2.16. The van der Waals surface area contributed by atoms with Gasteiger partial charge in [0.05, 0.1) is 6.54 Å². The smallest absolute Gasteiger partial charge is 0.241 e. The van der Waals surface area contributed by atoms with Gasteiger partial charge in [-0.1, -0.05) is 6.92 Å². The fourth-order valence-electron chi connectivity index (χ4n) is 1.61. The van der Waals surface area contributed by atoms with Crippen LogP contribution in [0.1, 0.15) is 18.9 Å². The maximum atomic E-state index is 11.8. The first-order valence-electron chi connectivity index (χ1n) is 5.99. The minimum Gasteiger partial charge on any atom is -0.383 e. The highest BCUT2D eigenvalue weighted by Crippen LogP contribution is 2.20. The molecule has 2 N–H and O–H groups in total. The van der Waals surface area contributed by atoms with Crippen LogP contribution in [0.2, 0.25) is 0 Å². The maximum Gasteiger partial charge on any atom is 0.241 e. The van der Waals surface area contributed by atoms with Crippen molar-refractivity contribution in [2.45, 2.75) is 20.3 Å². The van der Waals surface area contributed by atoms with Gasteiger partial charge in [0.1, 0.15) is 18.0 Å². The molecule has 0 saturated carbocycles.